The molecule has 0 unspecified atom stereocenters. The van der Waals surface area contributed by atoms with Gasteiger partial charge in [0, 0.05) is 22.8 Å². The molecule has 0 radical (unpaired) electrons. The maximum atomic E-state index is 5.47. The smallest absolute Gasteiger partial charge is 0.121 e. The summed E-state index contributed by atoms with van der Waals surface area (Å²) in [5, 5.41) is 6.43. The highest BCUT2D eigenvalue weighted by molar-refractivity contribution is 7.09. The van der Waals surface area contributed by atoms with Gasteiger partial charge in [-0.2, -0.15) is 0 Å². The Kier molecular flexibility index (Phi) is 3.88. The third-order valence-corrected chi connectivity index (χ3v) is 3.69. The van der Waals surface area contributed by atoms with Crippen molar-refractivity contribution >= 4 is 11.3 Å². The molecule has 4 heteroatoms. The molecule has 0 aromatic carbocycles. The first-order valence-electron chi connectivity index (χ1n) is 6.15. The largest absolute Gasteiger partial charge is 0.468 e. The topological polar surface area (TPSA) is 38.1 Å². The summed E-state index contributed by atoms with van der Waals surface area (Å²) < 4.78 is 5.47. The summed E-state index contributed by atoms with van der Waals surface area (Å²) in [6, 6.07) is 2.03. The monoisotopic (exact) mass is 264 g/mol. The average molecular weight is 264 g/mol. The van der Waals surface area contributed by atoms with E-state index in [2.05, 4.69) is 31.5 Å². The van der Waals surface area contributed by atoms with Crippen molar-refractivity contribution in [2.45, 2.75) is 39.2 Å². The van der Waals surface area contributed by atoms with Gasteiger partial charge in [0.2, 0.25) is 0 Å². The molecule has 98 valence electrons. The predicted molar refractivity (Wildman–Crippen MR) is 75.1 cm³/mol. The van der Waals surface area contributed by atoms with Crippen LogP contribution in [0.1, 0.15) is 42.8 Å². The van der Waals surface area contributed by atoms with Crippen LogP contribution in [0.2, 0.25) is 0 Å². The molecule has 0 aliphatic heterocycles. The molecule has 0 aliphatic carbocycles. The van der Waals surface area contributed by atoms with E-state index in [0.717, 1.165) is 23.7 Å². The van der Waals surface area contributed by atoms with Gasteiger partial charge in [-0.15, -0.1) is 11.3 Å². The molecule has 0 saturated heterocycles. The Morgan fingerprint density at radius 2 is 2.17 bits per heavy atom. The van der Waals surface area contributed by atoms with Crippen LogP contribution >= 0.6 is 11.3 Å². The molecule has 1 N–H and O–H groups in total. The molecule has 2 aromatic rings. The normalized spacial score (nSPS) is 12.0. The van der Waals surface area contributed by atoms with Gasteiger partial charge in [-0.05, 0) is 13.1 Å². The minimum absolute atomic E-state index is 0.124. The van der Waals surface area contributed by atoms with Crippen LogP contribution in [0.3, 0.4) is 0 Å². The zero-order chi connectivity index (χ0) is 13.2. The van der Waals surface area contributed by atoms with E-state index in [1.807, 2.05) is 13.1 Å². The molecule has 0 spiro atoms. The van der Waals surface area contributed by atoms with E-state index < -0.39 is 0 Å². The van der Waals surface area contributed by atoms with Crippen molar-refractivity contribution in [1.29, 1.82) is 0 Å². The van der Waals surface area contributed by atoms with Gasteiger partial charge in [0.05, 0.1) is 23.5 Å². The van der Waals surface area contributed by atoms with Crippen LogP contribution in [-0.2, 0) is 18.4 Å². The Hall–Kier alpha value is -1.13. The van der Waals surface area contributed by atoms with E-state index >= 15 is 0 Å². The Balaban J connectivity index is 2.14. The van der Waals surface area contributed by atoms with Gasteiger partial charge in [-0.3, -0.25) is 0 Å². The molecule has 3 nitrogen and oxygen atoms in total. The second kappa shape index (κ2) is 5.24. The fourth-order valence-corrected chi connectivity index (χ4v) is 2.78. The van der Waals surface area contributed by atoms with Crippen LogP contribution in [0, 0.1) is 0 Å². The molecule has 0 atom stereocenters. The van der Waals surface area contributed by atoms with Gasteiger partial charge in [-0.25, -0.2) is 4.98 Å². The highest BCUT2D eigenvalue weighted by Crippen LogP contribution is 2.25. The van der Waals surface area contributed by atoms with Crippen molar-refractivity contribution in [3.63, 3.8) is 0 Å². The van der Waals surface area contributed by atoms with Crippen molar-refractivity contribution in [1.82, 2.24) is 10.3 Å². The van der Waals surface area contributed by atoms with E-state index in [-0.39, 0.29) is 5.41 Å². The van der Waals surface area contributed by atoms with Crippen LogP contribution in [0.15, 0.2) is 22.1 Å². The molecule has 0 amide bonds. The summed E-state index contributed by atoms with van der Waals surface area (Å²) in [6.07, 6.45) is 2.61. The number of nitrogens with zero attached hydrogens (tertiary/aromatic N) is 1. The number of hydrogen-bond donors (Lipinski definition) is 1. The highest BCUT2D eigenvalue weighted by atomic mass is 32.1. The number of rotatable bonds is 4. The molecule has 0 aliphatic rings. The second-order valence-electron chi connectivity index (χ2n) is 5.45. The Bertz CT molecular complexity index is 508. The summed E-state index contributed by atoms with van der Waals surface area (Å²) in [4.78, 5) is 4.71. The molecule has 18 heavy (non-hydrogen) atoms. The average Bonchev–Trinajstić information content (AvgIpc) is 2.89. The van der Waals surface area contributed by atoms with Crippen molar-refractivity contribution in [3.8, 4) is 0 Å². The van der Waals surface area contributed by atoms with Crippen LogP contribution in [0.25, 0.3) is 0 Å². The quantitative estimate of drug-likeness (QED) is 0.920. The zero-order valence-corrected chi connectivity index (χ0v) is 12.2. The Labute approximate surface area is 112 Å². The second-order valence-corrected chi connectivity index (χ2v) is 6.40. The summed E-state index contributed by atoms with van der Waals surface area (Å²) in [6.45, 7) is 7.34. The molecule has 2 heterocycles. The molecule has 0 saturated carbocycles. The molecule has 0 fully saturated rings. The van der Waals surface area contributed by atoms with Crippen LogP contribution in [0.4, 0.5) is 0 Å². The van der Waals surface area contributed by atoms with E-state index in [4.69, 9.17) is 9.40 Å². The van der Waals surface area contributed by atoms with Crippen LogP contribution in [-0.4, -0.2) is 12.0 Å². The standard InChI is InChI=1S/C14H20N2OS/c1-14(2,3)12-9-18-13(16-12)7-10-5-6-17-11(10)8-15-4/h5-6,9,15H,7-8H2,1-4H3. The van der Waals surface area contributed by atoms with Crippen molar-refractivity contribution in [3.05, 3.63) is 39.7 Å². The fraction of sp³-hybridized carbons (Fsp3) is 0.500. The summed E-state index contributed by atoms with van der Waals surface area (Å²) in [7, 11) is 1.92. The summed E-state index contributed by atoms with van der Waals surface area (Å²) in [5.41, 5.74) is 2.51. The molecule has 2 rings (SSSR count). The van der Waals surface area contributed by atoms with Gasteiger partial charge in [-0.1, -0.05) is 20.8 Å². The number of nitrogens with one attached hydrogen (secondary N) is 1. The van der Waals surface area contributed by atoms with E-state index in [0.29, 0.717) is 0 Å². The number of thiazole rings is 1. The lowest BCUT2D eigenvalue weighted by Gasteiger charge is -2.14. The first kappa shape index (κ1) is 13.3. The minimum Gasteiger partial charge on any atom is -0.468 e. The first-order valence-corrected chi connectivity index (χ1v) is 7.03. The SMILES string of the molecule is CNCc1occc1Cc1nc(C(C)(C)C)cs1. The molecule has 0 bridgehead atoms. The van der Waals surface area contributed by atoms with Gasteiger partial charge in [0.15, 0.2) is 0 Å². The maximum absolute atomic E-state index is 5.47. The predicted octanol–water partition coefficient (Wildman–Crippen LogP) is 3.34. The van der Waals surface area contributed by atoms with Gasteiger partial charge >= 0.3 is 0 Å². The fourth-order valence-electron chi connectivity index (χ4n) is 1.74. The lowest BCUT2D eigenvalue weighted by Crippen LogP contribution is -2.11. The molecule has 2 aromatic heterocycles. The summed E-state index contributed by atoms with van der Waals surface area (Å²) in [5.74, 6) is 1.00. The van der Waals surface area contributed by atoms with Gasteiger partial charge in [0.25, 0.3) is 0 Å². The van der Waals surface area contributed by atoms with Crippen molar-refractivity contribution in [2.75, 3.05) is 7.05 Å². The lowest BCUT2D eigenvalue weighted by molar-refractivity contribution is 0.491. The summed E-state index contributed by atoms with van der Waals surface area (Å²) >= 11 is 1.73. The highest BCUT2D eigenvalue weighted by Gasteiger charge is 2.18. The van der Waals surface area contributed by atoms with Gasteiger partial charge in [0.1, 0.15) is 5.76 Å². The number of aromatic nitrogens is 1. The minimum atomic E-state index is 0.124. The van der Waals surface area contributed by atoms with E-state index in [9.17, 15) is 0 Å². The van der Waals surface area contributed by atoms with Gasteiger partial charge < -0.3 is 9.73 Å². The number of furan rings is 1. The van der Waals surface area contributed by atoms with E-state index in [1.165, 1.54) is 11.3 Å². The lowest BCUT2D eigenvalue weighted by atomic mass is 9.93. The van der Waals surface area contributed by atoms with E-state index in [1.54, 1.807) is 17.6 Å². The van der Waals surface area contributed by atoms with Crippen LogP contribution in [0.5, 0.6) is 0 Å². The molecular weight excluding hydrogens is 244 g/mol. The Morgan fingerprint density at radius 3 is 2.78 bits per heavy atom. The van der Waals surface area contributed by atoms with Crippen molar-refractivity contribution in [2.24, 2.45) is 0 Å². The zero-order valence-electron chi connectivity index (χ0n) is 11.4. The first-order chi connectivity index (χ1) is 8.50. The van der Waals surface area contributed by atoms with Crippen molar-refractivity contribution < 1.29 is 4.42 Å². The third kappa shape index (κ3) is 3.00. The third-order valence-electron chi connectivity index (χ3n) is 2.84. The Morgan fingerprint density at radius 1 is 1.39 bits per heavy atom. The number of hydrogen-bond acceptors (Lipinski definition) is 4. The maximum Gasteiger partial charge on any atom is 0.121 e. The van der Waals surface area contributed by atoms with Crippen LogP contribution < -0.4 is 5.32 Å². The molecular formula is C14H20N2OS.